The second-order valence-electron chi connectivity index (χ2n) is 17.1. The third-order valence-corrected chi connectivity index (χ3v) is 13.9. The standard InChI is InChI=1S/C61H37NO2/c1-2-13-38(14-3-1)39-25-30-42(31-26-39)62(43-32-27-40(28-33-43)41-29-35-56-48(37-41)44-15-6-10-23-54(44)63-56)53-22-12-21-51-58(53)45-16-4-8-19-49(45)61(51)50-20-9-5-17-46(50)59-52(61)34-36-57-60(59)47-18-7-11-24-55(47)64-57/h1-37H. The van der Waals surface area contributed by atoms with Gasteiger partial charge in [0.25, 0.3) is 0 Å². The van der Waals surface area contributed by atoms with Gasteiger partial charge in [0.1, 0.15) is 22.3 Å². The number of fused-ring (bicyclic) bond motifs is 17. The lowest BCUT2D eigenvalue weighted by Gasteiger charge is -2.32. The van der Waals surface area contributed by atoms with Crippen LogP contribution < -0.4 is 4.90 Å². The summed E-state index contributed by atoms with van der Waals surface area (Å²) in [5.74, 6) is 0. The van der Waals surface area contributed by atoms with E-state index < -0.39 is 5.41 Å². The number of rotatable bonds is 5. The van der Waals surface area contributed by atoms with Crippen molar-refractivity contribution in [1.29, 1.82) is 0 Å². The van der Waals surface area contributed by atoms with Gasteiger partial charge in [0.2, 0.25) is 0 Å². The topological polar surface area (TPSA) is 29.5 Å². The predicted octanol–water partition coefficient (Wildman–Crippen LogP) is 16.6. The largest absolute Gasteiger partial charge is 0.456 e. The molecule has 2 aliphatic carbocycles. The summed E-state index contributed by atoms with van der Waals surface area (Å²) >= 11 is 0. The molecule has 0 bridgehead atoms. The first-order valence-electron chi connectivity index (χ1n) is 22.0. The van der Waals surface area contributed by atoms with Crippen LogP contribution in [-0.4, -0.2) is 0 Å². The molecule has 64 heavy (non-hydrogen) atoms. The van der Waals surface area contributed by atoms with Crippen LogP contribution in [0.5, 0.6) is 0 Å². The fourth-order valence-electron chi connectivity index (χ4n) is 11.2. The molecule has 298 valence electrons. The Morgan fingerprint density at radius 2 is 0.812 bits per heavy atom. The van der Waals surface area contributed by atoms with Gasteiger partial charge in [-0.05, 0) is 122 Å². The summed E-state index contributed by atoms with van der Waals surface area (Å²) in [5.41, 5.74) is 21.3. The van der Waals surface area contributed by atoms with Gasteiger partial charge < -0.3 is 13.7 Å². The molecule has 3 nitrogen and oxygen atoms in total. The van der Waals surface area contributed by atoms with Crippen molar-refractivity contribution in [3.8, 4) is 44.5 Å². The summed E-state index contributed by atoms with van der Waals surface area (Å²) < 4.78 is 12.7. The minimum atomic E-state index is -0.539. The van der Waals surface area contributed by atoms with Crippen molar-refractivity contribution in [3.63, 3.8) is 0 Å². The molecule has 10 aromatic carbocycles. The highest BCUT2D eigenvalue weighted by Gasteiger charge is 2.53. The minimum Gasteiger partial charge on any atom is -0.456 e. The van der Waals surface area contributed by atoms with Gasteiger partial charge in [-0.15, -0.1) is 0 Å². The fourth-order valence-corrected chi connectivity index (χ4v) is 11.2. The smallest absolute Gasteiger partial charge is 0.136 e. The summed E-state index contributed by atoms with van der Waals surface area (Å²) in [6, 6.07) is 81.6. The van der Waals surface area contributed by atoms with Crippen LogP contribution in [0.15, 0.2) is 233 Å². The Bertz CT molecular complexity index is 3840. The van der Waals surface area contributed by atoms with Crippen molar-refractivity contribution >= 4 is 60.9 Å². The van der Waals surface area contributed by atoms with Gasteiger partial charge in [0.15, 0.2) is 0 Å². The van der Waals surface area contributed by atoms with Gasteiger partial charge in [-0.25, -0.2) is 0 Å². The fraction of sp³-hybridized carbons (Fsp3) is 0.0164. The first-order valence-corrected chi connectivity index (χ1v) is 22.0. The van der Waals surface area contributed by atoms with E-state index in [9.17, 15) is 0 Å². The summed E-state index contributed by atoms with van der Waals surface area (Å²) in [6.07, 6.45) is 0. The molecule has 0 N–H and O–H groups in total. The molecule has 2 heterocycles. The van der Waals surface area contributed by atoms with E-state index in [1.165, 1.54) is 61.0 Å². The van der Waals surface area contributed by atoms with Gasteiger partial charge in [-0.1, -0.05) is 164 Å². The third-order valence-electron chi connectivity index (χ3n) is 13.9. The van der Waals surface area contributed by atoms with Crippen LogP contribution in [0, 0.1) is 0 Å². The average molecular weight is 816 g/mol. The van der Waals surface area contributed by atoms with Gasteiger partial charge in [-0.2, -0.15) is 0 Å². The molecule has 1 spiro atoms. The molecule has 0 radical (unpaired) electrons. The summed E-state index contributed by atoms with van der Waals surface area (Å²) in [5, 5.41) is 4.58. The zero-order valence-electron chi connectivity index (χ0n) is 34.6. The zero-order chi connectivity index (χ0) is 41.9. The lowest BCUT2D eigenvalue weighted by molar-refractivity contribution is 0.668. The van der Waals surface area contributed by atoms with E-state index in [0.29, 0.717) is 0 Å². The SMILES string of the molecule is c1ccc(-c2ccc(N(c3ccc(-c4ccc5oc6ccccc6c5c4)cc3)c3cccc4c3-c3ccccc3C43c4ccccc4-c4c3ccc3oc5ccccc5c43)cc2)cc1. The van der Waals surface area contributed by atoms with Gasteiger partial charge in [0, 0.05) is 38.5 Å². The normalized spacial score (nSPS) is 14.6. The Balaban J connectivity index is 0.991. The minimum absolute atomic E-state index is 0.539. The van der Waals surface area contributed by atoms with Crippen LogP contribution in [0.2, 0.25) is 0 Å². The molecule has 2 aliphatic rings. The number of furan rings is 2. The van der Waals surface area contributed by atoms with Crippen LogP contribution in [0.25, 0.3) is 88.4 Å². The lowest BCUT2D eigenvalue weighted by atomic mass is 9.70. The zero-order valence-corrected chi connectivity index (χ0v) is 34.6. The predicted molar refractivity (Wildman–Crippen MR) is 263 cm³/mol. The van der Waals surface area contributed by atoms with Crippen molar-refractivity contribution in [2.24, 2.45) is 0 Å². The monoisotopic (exact) mass is 815 g/mol. The molecule has 14 rings (SSSR count). The van der Waals surface area contributed by atoms with Crippen LogP contribution in [-0.2, 0) is 5.41 Å². The van der Waals surface area contributed by atoms with Crippen molar-refractivity contribution in [3.05, 3.63) is 247 Å². The van der Waals surface area contributed by atoms with E-state index in [2.05, 4.69) is 217 Å². The highest BCUT2D eigenvalue weighted by atomic mass is 16.3. The molecule has 0 fully saturated rings. The lowest BCUT2D eigenvalue weighted by Crippen LogP contribution is -2.26. The second kappa shape index (κ2) is 13.3. The van der Waals surface area contributed by atoms with Gasteiger partial charge >= 0.3 is 0 Å². The summed E-state index contributed by atoms with van der Waals surface area (Å²) in [7, 11) is 0. The highest BCUT2D eigenvalue weighted by molar-refractivity contribution is 6.16. The van der Waals surface area contributed by atoms with Crippen molar-refractivity contribution < 1.29 is 8.83 Å². The van der Waals surface area contributed by atoms with Crippen molar-refractivity contribution in [2.75, 3.05) is 4.90 Å². The summed E-state index contributed by atoms with van der Waals surface area (Å²) in [6.45, 7) is 0. The van der Waals surface area contributed by atoms with Crippen molar-refractivity contribution in [1.82, 2.24) is 0 Å². The van der Waals surface area contributed by atoms with E-state index in [0.717, 1.165) is 66.7 Å². The van der Waals surface area contributed by atoms with Crippen LogP contribution in [0.1, 0.15) is 22.3 Å². The third kappa shape index (κ3) is 4.81. The number of hydrogen-bond acceptors (Lipinski definition) is 3. The Labute approximate surface area is 369 Å². The number of nitrogens with zero attached hydrogens (tertiary/aromatic N) is 1. The van der Waals surface area contributed by atoms with E-state index >= 15 is 0 Å². The number of anilines is 3. The maximum absolute atomic E-state index is 6.53. The maximum atomic E-state index is 6.53. The van der Waals surface area contributed by atoms with E-state index in [-0.39, 0.29) is 0 Å². The number of benzene rings is 10. The Morgan fingerprint density at radius 3 is 1.55 bits per heavy atom. The Hall–Kier alpha value is -8.40. The molecular weight excluding hydrogens is 779 g/mol. The molecule has 1 unspecified atom stereocenters. The molecule has 1 atom stereocenters. The first-order chi connectivity index (χ1) is 31.7. The van der Waals surface area contributed by atoms with Crippen LogP contribution >= 0.6 is 0 Å². The number of hydrogen-bond donors (Lipinski definition) is 0. The quantitative estimate of drug-likeness (QED) is 0.173. The molecule has 12 aromatic rings. The number of para-hydroxylation sites is 2. The first kappa shape index (κ1) is 35.2. The van der Waals surface area contributed by atoms with E-state index in [4.69, 9.17) is 8.83 Å². The maximum Gasteiger partial charge on any atom is 0.136 e. The molecule has 3 heteroatoms. The van der Waals surface area contributed by atoms with Crippen LogP contribution in [0.4, 0.5) is 17.1 Å². The van der Waals surface area contributed by atoms with Gasteiger partial charge in [0.05, 0.1) is 11.1 Å². The molecule has 0 amide bonds. The van der Waals surface area contributed by atoms with Crippen molar-refractivity contribution in [2.45, 2.75) is 5.41 Å². The molecule has 0 aliphatic heterocycles. The molecular formula is C61H37NO2. The van der Waals surface area contributed by atoms with E-state index in [1.807, 2.05) is 12.1 Å². The second-order valence-corrected chi connectivity index (χ2v) is 17.1. The van der Waals surface area contributed by atoms with E-state index in [1.54, 1.807) is 0 Å². The average Bonchev–Trinajstić information content (AvgIpc) is 4.10. The Morgan fingerprint density at radius 1 is 0.312 bits per heavy atom. The molecule has 0 saturated carbocycles. The van der Waals surface area contributed by atoms with Crippen LogP contribution in [0.3, 0.4) is 0 Å². The Kier molecular flexibility index (Phi) is 7.32. The highest BCUT2D eigenvalue weighted by Crippen LogP contribution is 2.66. The molecule has 2 aromatic heterocycles. The summed E-state index contributed by atoms with van der Waals surface area (Å²) in [4.78, 5) is 2.45. The van der Waals surface area contributed by atoms with Gasteiger partial charge in [-0.3, -0.25) is 0 Å². The molecule has 0 saturated heterocycles.